The van der Waals surface area contributed by atoms with Crippen molar-refractivity contribution >= 4 is 0 Å². The molecule has 3 atom stereocenters. The van der Waals surface area contributed by atoms with Gasteiger partial charge in [-0.1, -0.05) is 44.0 Å². The number of hydrogen-bond donors (Lipinski definition) is 1. The molecular formula is C17H26O. The average molecular weight is 246 g/mol. The highest BCUT2D eigenvalue weighted by Crippen LogP contribution is 2.34. The molecule has 1 N–H and O–H groups in total. The predicted octanol–water partition coefficient (Wildman–Crippen LogP) is 4.11. The van der Waals surface area contributed by atoms with Crippen LogP contribution in [0.1, 0.15) is 50.2 Å². The van der Waals surface area contributed by atoms with Crippen molar-refractivity contribution in [2.45, 2.75) is 58.5 Å². The fourth-order valence-corrected chi connectivity index (χ4v) is 3.36. The molecule has 1 aliphatic carbocycles. The second-order valence-electron chi connectivity index (χ2n) is 5.93. The Kier molecular flexibility index (Phi) is 4.82. The molecule has 1 aromatic rings. The maximum Gasteiger partial charge on any atom is 0.0571 e. The molecule has 0 spiro atoms. The molecule has 3 unspecified atom stereocenters. The van der Waals surface area contributed by atoms with Crippen molar-refractivity contribution in [1.29, 1.82) is 0 Å². The van der Waals surface area contributed by atoms with Crippen LogP contribution in [0.5, 0.6) is 0 Å². The molecule has 1 heteroatoms. The van der Waals surface area contributed by atoms with Crippen molar-refractivity contribution in [3.63, 3.8) is 0 Å². The Morgan fingerprint density at radius 3 is 2.72 bits per heavy atom. The summed E-state index contributed by atoms with van der Waals surface area (Å²) in [4.78, 5) is 0. The van der Waals surface area contributed by atoms with E-state index in [1.54, 1.807) is 0 Å². The first-order valence-electron chi connectivity index (χ1n) is 7.43. The molecule has 0 radical (unpaired) electrons. The number of aliphatic hydroxyl groups is 1. The van der Waals surface area contributed by atoms with Crippen molar-refractivity contribution < 1.29 is 5.11 Å². The van der Waals surface area contributed by atoms with Gasteiger partial charge in [0.15, 0.2) is 0 Å². The van der Waals surface area contributed by atoms with Crippen LogP contribution in [0.25, 0.3) is 0 Å². The SMILES string of the molecule is CCCC1CCC(O)C(Cc2ccccc2C)C1. The zero-order valence-electron chi connectivity index (χ0n) is 11.7. The lowest BCUT2D eigenvalue weighted by Gasteiger charge is -2.33. The third kappa shape index (κ3) is 3.35. The predicted molar refractivity (Wildman–Crippen MR) is 76.6 cm³/mol. The van der Waals surface area contributed by atoms with Gasteiger partial charge < -0.3 is 5.11 Å². The lowest BCUT2D eigenvalue weighted by atomic mass is 9.75. The first-order valence-corrected chi connectivity index (χ1v) is 7.43. The molecule has 0 heterocycles. The summed E-state index contributed by atoms with van der Waals surface area (Å²) in [5.41, 5.74) is 2.78. The molecule has 18 heavy (non-hydrogen) atoms. The van der Waals surface area contributed by atoms with Gasteiger partial charge in [-0.15, -0.1) is 0 Å². The first kappa shape index (κ1) is 13.6. The summed E-state index contributed by atoms with van der Waals surface area (Å²) in [6.45, 7) is 4.44. The number of benzene rings is 1. The monoisotopic (exact) mass is 246 g/mol. The van der Waals surface area contributed by atoms with Crippen molar-refractivity contribution in [3.8, 4) is 0 Å². The van der Waals surface area contributed by atoms with Crippen LogP contribution < -0.4 is 0 Å². The van der Waals surface area contributed by atoms with Gasteiger partial charge >= 0.3 is 0 Å². The maximum atomic E-state index is 10.2. The average Bonchev–Trinajstić information content (AvgIpc) is 2.36. The van der Waals surface area contributed by atoms with Gasteiger partial charge in [-0.05, 0) is 55.6 Å². The van der Waals surface area contributed by atoms with Crippen LogP contribution in [0.15, 0.2) is 24.3 Å². The van der Waals surface area contributed by atoms with E-state index in [4.69, 9.17) is 0 Å². The molecule has 1 fully saturated rings. The van der Waals surface area contributed by atoms with Crippen LogP contribution in [-0.4, -0.2) is 11.2 Å². The Labute approximate surface area is 111 Å². The fourth-order valence-electron chi connectivity index (χ4n) is 3.36. The Hall–Kier alpha value is -0.820. The normalized spacial score (nSPS) is 28.3. The van der Waals surface area contributed by atoms with Gasteiger partial charge in [0.2, 0.25) is 0 Å². The summed E-state index contributed by atoms with van der Waals surface area (Å²) in [6, 6.07) is 8.59. The molecule has 0 aromatic heterocycles. The van der Waals surface area contributed by atoms with Gasteiger partial charge in [-0.2, -0.15) is 0 Å². The van der Waals surface area contributed by atoms with E-state index in [9.17, 15) is 5.11 Å². The molecule has 1 aliphatic rings. The quantitative estimate of drug-likeness (QED) is 0.847. The molecule has 0 aliphatic heterocycles. The summed E-state index contributed by atoms with van der Waals surface area (Å²) in [6.07, 6.45) is 7.00. The van der Waals surface area contributed by atoms with E-state index >= 15 is 0 Å². The van der Waals surface area contributed by atoms with Crippen LogP contribution in [-0.2, 0) is 6.42 Å². The minimum atomic E-state index is -0.0855. The van der Waals surface area contributed by atoms with E-state index in [2.05, 4.69) is 38.1 Å². The lowest BCUT2D eigenvalue weighted by Crippen LogP contribution is -2.30. The van der Waals surface area contributed by atoms with E-state index in [0.29, 0.717) is 5.92 Å². The molecule has 100 valence electrons. The van der Waals surface area contributed by atoms with Gasteiger partial charge in [-0.25, -0.2) is 0 Å². The number of aryl methyl sites for hydroxylation is 1. The van der Waals surface area contributed by atoms with Crippen LogP contribution in [0.4, 0.5) is 0 Å². The molecule has 2 rings (SSSR count). The third-order valence-corrected chi connectivity index (χ3v) is 4.49. The van der Waals surface area contributed by atoms with Gasteiger partial charge in [-0.3, -0.25) is 0 Å². The van der Waals surface area contributed by atoms with Gasteiger partial charge in [0.25, 0.3) is 0 Å². The highest BCUT2D eigenvalue weighted by Gasteiger charge is 2.28. The van der Waals surface area contributed by atoms with Crippen molar-refractivity contribution in [1.82, 2.24) is 0 Å². The Balaban J connectivity index is 2.00. The van der Waals surface area contributed by atoms with Crippen LogP contribution in [0.3, 0.4) is 0 Å². The Bertz CT molecular complexity index is 372. The van der Waals surface area contributed by atoms with Gasteiger partial charge in [0.05, 0.1) is 6.10 Å². The molecule has 1 saturated carbocycles. The van der Waals surface area contributed by atoms with E-state index in [-0.39, 0.29) is 6.10 Å². The smallest absolute Gasteiger partial charge is 0.0571 e. The molecule has 0 amide bonds. The minimum Gasteiger partial charge on any atom is -0.393 e. The van der Waals surface area contributed by atoms with Crippen molar-refractivity contribution in [2.75, 3.05) is 0 Å². The van der Waals surface area contributed by atoms with Crippen molar-refractivity contribution in [2.24, 2.45) is 11.8 Å². The second kappa shape index (κ2) is 6.38. The lowest BCUT2D eigenvalue weighted by molar-refractivity contribution is 0.0462. The molecule has 0 saturated heterocycles. The van der Waals surface area contributed by atoms with Crippen LogP contribution >= 0.6 is 0 Å². The van der Waals surface area contributed by atoms with Crippen molar-refractivity contribution in [3.05, 3.63) is 35.4 Å². The summed E-state index contributed by atoms with van der Waals surface area (Å²) in [5.74, 6) is 1.31. The first-order chi connectivity index (χ1) is 8.70. The zero-order valence-corrected chi connectivity index (χ0v) is 11.7. The summed E-state index contributed by atoms with van der Waals surface area (Å²) in [7, 11) is 0. The third-order valence-electron chi connectivity index (χ3n) is 4.49. The molecular weight excluding hydrogens is 220 g/mol. The standard InChI is InChI=1S/C17H26O/c1-3-6-14-9-10-17(18)16(11-14)12-15-8-5-4-7-13(15)2/h4-5,7-8,14,16-18H,3,6,9-12H2,1-2H3. The van der Waals surface area contributed by atoms with Gasteiger partial charge in [0, 0.05) is 0 Å². The number of rotatable bonds is 4. The topological polar surface area (TPSA) is 20.2 Å². The van der Waals surface area contributed by atoms with E-state index in [0.717, 1.165) is 18.8 Å². The molecule has 1 nitrogen and oxygen atoms in total. The molecule has 0 bridgehead atoms. The van der Waals surface area contributed by atoms with Crippen LogP contribution in [0.2, 0.25) is 0 Å². The second-order valence-corrected chi connectivity index (χ2v) is 5.93. The van der Waals surface area contributed by atoms with E-state index in [1.165, 1.54) is 36.8 Å². The largest absolute Gasteiger partial charge is 0.393 e. The number of hydrogen-bond acceptors (Lipinski definition) is 1. The highest BCUT2D eigenvalue weighted by atomic mass is 16.3. The Morgan fingerprint density at radius 2 is 2.00 bits per heavy atom. The summed E-state index contributed by atoms with van der Waals surface area (Å²) in [5, 5.41) is 10.2. The summed E-state index contributed by atoms with van der Waals surface area (Å²) < 4.78 is 0. The van der Waals surface area contributed by atoms with E-state index in [1.807, 2.05) is 0 Å². The summed E-state index contributed by atoms with van der Waals surface area (Å²) >= 11 is 0. The Morgan fingerprint density at radius 1 is 1.22 bits per heavy atom. The fraction of sp³-hybridized carbons (Fsp3) is 0.647. The molecule has 1 aromatic carbocycles. The maximum absolute atomic E-state index is 10.2. The van der Waals surface area contributed by atoms with Gasteiger partial charge in [0.1, 0.15) is 0 Å². The van der Waals surface area contributed by atoms with E-state index < -0.39 is 0 Å². The minimum absolute atomic E-state index is 0.0855. The zero-order chi connectivity index (χ0) is 13.0. The van der Waals surface area contributed by atoms with Crippen LogP contribution in [0, 0.1) is 18.8 Å². The highest BCUT2D eigenvalue weighted by molar-refractivity contribution is 5.26. The number of aliphatic hydroxyl groups excluding tert-OH is 1.